The number of hydrogen-bond acceptors (Lipinski definition) is 5. The lowest BCUT2D eigenvalue weighted by Gasteiger charge is -2.27. The van der Waals surface area contributed by atoms with Crippen LogP contribution in [0.4, 0.5) is 11.5 Å². The minimum atomic E-state index is -0.151. The smallest absolute Gasteiger partial charge is 0.227 e. The molecule has 246 valence electrons. The number of unbranched alkanes of at least 4 members (excludes halogenated alkanes) is 1. The molecule has 6 aromatic rings. The van der Waals surface area contributed by atoms with Gasteiger partial charge in [-0.05, 0) is 46.4 Å². The number of aromatic nitrogens is 3. The number of imidazole rings is 1. The molecule has 0 spiro atoms. The van der Waals surface area contributed by atoms with Crippen LogP contribution < -0.4 is 16.0 Å². The molecule has 3 heterocycles. The highest BCUT2D eigenvalue weighted by Gasteiger charge is 2.22. The number of nitrogens with zero attached hydrogens (tertiary/aromatic N) is 4. The first-order valence-corrected chi connectivity index (χ1v) is 17.0. The highest BCUT2D eigenvalue weighted by atomic mass is 16.2. The quantitative estimate of drug-likeness (QED) is 0.159. The maximum Gasteiger partial charge on any atom is 0.227 e. The van der Waals surface area contributed by atoms with Crippen molar-refractivity contribution in [3.05, 3.63) is 131 Å². The van der Waals surface area contributed by atoms with Crippen LogP contribution in [-0.2, 0) is 35.6 Å². The molecule has 8 heteroatoms. The van der Waals surface area contributed by atoms with Crippen molar-refractivity contribution in [3.8, 4) is 0 Å². The number of anilines is 2. The summed E-state index contributed by atoms with van der Waals surface area (Å²) in [7, 11) is 0. The van der Waals surface area contributed by atoms with Crippen LogP contribution in [0.1, 0.15) is 66.2 Å². The Kier molecular flexibility index (Phi) is 9.19. The normalized spacial score (nSPS) is 13.0. The molecule has 2 aromatic heterocycles. The van der Waals surface area contributed by atoms with Gasteiger partial charge < -0.3 is 20.5 Å². The molecule has 0 saturated heterocycles. The van der Waals surface area contributed by atoms with Crippen LogP contribution in [0.3, 0.4) is 0 Å². The first-order valence-electron chi connectivity index (χ1n) is 17.0. The number of benzene rings is 4. The fourth-order valence-electron chi connectivity index (χ4n) is 6.56. The van der Waals surface area contributed by atoms with Gasteiger partial charge in [0.2, 0.25) is 11.8 Å². The Labute approximate surface area is 286 Å². The number of nitrogens with two attached hydrogens (primary N) is 1. The van der Waals surface area contributed by atoms with Crippen molar-refractivity contribution < 1.29 is 9.59 Å². The number of nitrogens with one attached hydrogen (secondary N) is 1. The largest absolute Gasteiger partial charge is 0.382 e. The van der Waals surface area contributed by atoms with Crippen LogP contribution in [0.5, 0.6) is 0 Å². The summed E-state index contributed by atoms with van der Waals surface area (Å²) >= 11 is 0. The number of amides is 2. The molecular weight excluding hydrogens is 608 g/mol. The van der Waals surface area contributed by atoms with Gasteiger partial charge in [0.05, 0.1) is 23.3 Å². The number of para-hydroxylation sites is 2. The summed E-state index contributed by atoms with van der Waals surface area (Å²) in [6, 6.07) is 32.3. The number of hydrogen-bond donors (Lipinski definition) is 2. The molecule has 1 aliphatic heterocycles. The number of aryl methyl sites for hydroxylation is 1. The fraction of sp³-hybridized carbons (Fsp3) is 0.220. The molecule has 2 amide bonds. The average Bonchev–Trinajstić information content (AvgIpc) is 3.49. The topological polar surface area (TPSA) is 106 Å². The number of rotatable bonds is 10. The summed E-state index contributed by atoms with van der Waals surface area (Å²) in [5.74, 6) is 1.23. The van der Waals surface area contributed by atoms with Crippen LogP contribution in [0.25, 0.3) is 34.1 Å². The molecule has 49 heavy (non-hydrogen) atoms. The van der Waals surface area contributed by atoms with Crippen LogP contribution >= 0.6 is 0 Å². The monoisotopic (exact) mass is 648 g/mol. The molecule has 0 bridgehead atoms. The second-order valence-corrected chi connectivity index (χ2v) is 12.6. The molecule has 8 nitrogen and oxygen atoms in total. The van der Waals surface area contributed by atoms with Crippen molar-refractivity contribution in [1.82, 2.24) is 19.9 Å². The minimum Gasteiger partial charge on any atom is -0.382 e. The predicted octanol–water partition coefficient (Wildman–Crippen LogP) is 7.67. The van der Waals surface area contributed by atoms with Crippen molar-refractivity contribution in [2.75, 3.05) is 10.6 Å². The van der Waals surface area contributed by atoms with Gasteiger partial charge >= 0.3 is 0 Å². The third kappa shape index (κ3) is 6.81. The predicted molar refractivity (Wildman–Crippen MR) is 198 cm³/mol. The summed E-state index contributed by atoms with van der Waals surface area (Å²) in [5, 5.41) is 4.04. The Hall–Kier alpha value is -5.76. The van der Waals surface area contributed by atoms with E-state index in [9.17, 15) is 9.59 Å². The summed E-state index contributed by atoms with van der Waals surface area (Å²) < 4.78 is 2.28. The molecule has 7 rings (SSSR count). The summed E-state index contributed by atoms with van der Waals surface area (Å²) in [6.45, 7) is 3.68. The molecule has 0 atom stereocenters. The van der Waals surface area contributed by atoms with Gasteiger partial charge in [-0.15, -0.1) is 0 Å². The number of nitrogen functional groups attached to an aromatic ring is 1. The minimum absolute atomic E-state index is 0.0762. The van der Waals surface area contributed by atoms with Crippen molar-refractivity contribution in [2.45, 2.75) is 58.7 Å². The standard InChI is InChI=1S/C41H40N6O2/c1-2-3-16-36-45-39-40(33-13-7-8-14-34(33)44-41(39)42)47(36)26-29-19-17-28(18-20-29)25-43-37(48)23-24-38(49)46-27-32-12-5-4-10-30(32)21-22-31-11-6-9-15-35(31)46/h4-15,17-22H,2-3,16,23-27H2,1H3,(H2,42,44)(H,43,48)/b22-21-. The van der Waals surface area contributed by atoms with Crippen LogP contribution in [0, 0.1) is 0 Å². The maximum atomic E-state index is 13.5. The SMILES string of the molecule is CCCCc1nc2c(N)nc3ccccc3c2n1Cc1ccc(CNC(=O)CCC(=O)N2Cc3ccccc3/C=C\c3ccccc32)cc1. The Morgan fingerprint density at radius 3 is 2.37 bits per heavy atom. The van der Waals surface area contributed by atoms with Gasteiger partial charge in [-0.3, -0.25) is 9.59 Å². The van der Waals surface area contributed by atoms with Gasteiger partial charge in [0.25, 0.3) is 0 Å². The van der Waals surface area contributed by atoms with E-state index in [0.29, 0.717) is 25.5 Å². The van der Waals surface area contributed by atoms with Crippen LogP contribution in [0.2, 0.25) is 0 Å². The first kappa shape index (κ1) is 31.8. The van der Waals surface area contributed by atoms with Crippen LogP contribution in [-0.4, -0.2) is 26.3 Å². The number of fused-ring (bicyclic) bond motifs is 5. The first-order chi connectivity index (χ1) is 24.0. The number of carbonyl (C=O) groups is 2. The lowest BCUT2D eigenvalue weighted by atomic mass is 10.0. The average molecular weight is 649 g/mol. The Bertz CT molecular complexity index is 2180. The van der Waals surface area contributed by atoms with Crippen molar-refractivity contribution >= 4 is 57.4 Å². The molecule has 0 aliphatic carbocycles. The highest BCUT2D eigenvalue weighted by molar-refractivity contribution is 6.06. The number of carbonyl (C=O) groups excluding carboxylic acids is 2. The summed E-state index contributed by atoms with van der Waals surface area (Å²) in [6.07, 6.45) is 7.35. The van der Waals surface area contributed by atoms with E-state index < -0.39 is 0 Å². The van der Waals surface area contributed by atoms with Gasteiger partial charge in [-0.25, -0.2) is 9.97 Å². The second-order valence-electron chi connectivity index (χ2n) is 12.6. The Morgan fingerprint density at radius 1 is 0.816 bits per heavy atom. The Morgan fingerprint density at radius 2 is 1.53 bits per heavy atom. The molecular formula is C41H40N6O2. The van der Waals surface area contributed by atoms with Gasteiger partial charge in [0, 0.05) is 37.7 Å². The second kappa shape index (κ2) is 14.2. The lowest BCUT2D eigenvalue weighted by molar-refractivity contribution is -0.125. The molecule has 1 aliphatic rings. The third-order valence-corrected chi connectivity index (χ3v) is 9.22. The van der Waals surface area contributed by atoms with Gasteiger partial charge in [0.15, 0.2) is 5.82 Å². The van der Waals surface area contributed by atoms with Gasteiger partial charge in [0.1, 0.15) is 11.3 Å². The molecule has 0 unspecified atom stereocenters. The van der Waals surface area contributed by atoms with Crippen molar-refractivity contribution in [2.24, 2.45) is 0 Å². The van der Waals surface area contributed by atoms with E-state index in [1.165, 1.54) is 0 Å². The zero-order valence-electron chi connectivity index (χ0n) is 27.7. The highest BCUT2D eigenvalue weighted by Crippen LogP contribution is 2.31. The fourth-order valence-corrected chi connectivity index (χ4v) is 6.56. The van der Waals surface area contributed by atoms with Gasteiger partial charge in [-0.1, -0.05) is 110 Å². The summed E-state index contributed by atoms with van der Waals surface area (Å²) in [5.41, 5.74) is 15.1. The van der Waals surface area contributed by atoms with E-state index in [0.717, 1.165) is 80.5 Å². The van der Waals surface area contributed by atoms with Crippen LogP contribution in [0.15, 0.2) is 97.1 Å². The molecule has 0 fully saturated rings. The zero-order valence-corrected chi connectivity index (χ0v) is 27.7. The molecule has 0 radical (unpaired) electrons. The molecule has 0 saturated carbocycles. The Balaban J connectivity index is 1.00. The van der Waals surface area contributed by atoms with Gasteiger partial charge in [-0.2, -0.15) is 0 Å². The number of pyridine rings is 1. The van der Waals surface area contributed by atoms with E-state index >= 15 is 0 Å². The van der Waals surface area contributed by atoms with E-state index in [2.05, 4.69) is 52.1 Å². The lowest BCUT2D eigenvalue weighted by Crippen LogP contribution is -2.33. The van der Waals surface area contributed by atoms with Crippen molar-refractivity contribution in [1.29, 1.82) is 0 Å². The van der Waals surface area contributed by atoms with E-state index in [4.69, 9.17) is 10.7 Å². The maximum absolute atomic E-state index is 13.5. The van der Waals surface area contributed by atoms with E-state index in [1.54, 1.807) is 4.90 Å². The summed E-state index contributed by atoms with van der Waals surface area (Å²) in [4.78, 5) is 37.8. The van der Waals surface area contributed by atoms with E-state index in [1.807, 2.05) is 78.9 Å². The zero-order chi connectivity index (χ0) is 33.7. The van der Waals surface area contributed by atoms with E-state index in [-0.39, 0.29) is 24.7 Å². The van der Waals surface area contributed by atoms with Crippen molar-refractivity contribution in [3.63, 3.8) is 0 Å². The molecule has 4 aromatic carbocycles. The third-order valence-electron chi connectivity index (χ3n) is 9.22. The molecule has 3 N–H and O–H groups in total.